The Kier molecular flexibility index (Phi) is 9.20. The van der Waals surface area contributed by atoms with Crippen LogP contribution in [0, 0.1) is 17.6 Å². The second kappa shape index (κ2) is 11.9. The molecule has 33 heavy (non-hydrogen) atoms. The van der Waals surface area contributed by atoms with Crippen molar-refractivity contribution in [2.75, 3.05) is 58.3 Å². The van der Waals surface area contributed by atoms with Crippen LogP contribution in [-0.2, 0) is 16.1 Å². The summed E-state index contributed by atoms with van der Waals surface area (Å²) in [6.45, 7) is 6.53. The molecule has 1 saturated heterocycles. The zero-order chi connectivity index (χ0) is 24.0. The van der Waals surface area contributed by atoms with Gasteiger partial charge in [-0.25, -0.2) is 8.78 Å². The monoisotopic (exact) mass is 464 g/mol. The van der Waals surface area contributed by atoms with E-state index in [0.717, 1.165) is 64.0 Å². The van der Waals surface area contributed by atoms with Gasteiger partial charge in [0.1, 0.15) is 0 Å². The lowest BCUT2D eigenvalue weighted by atomic mass is 9.93. The van der Waals surface area contributed by atoms with Gasteiger partial charge in [-0.3, -0.25) is 9.59 Å². The number of anilines is 1. The van der Waals surface area contributed by atoms with Crippen LogP contribution >= 0.6 is 0 Å². The number of amides is 2. The zero-order valence-electron chi connectivity index (χ0n) is 20.3. The highest BCUT2D eigenvalue weighted by molar-refractivity contribution is 5.94. The van der Waals surface area contributed by atoms with Crippen LogP contribution in [0.2, 0.25) is 0 Å². The smallest absolute Gasteiger partial charge is 0.226 e. The van der Waals surface area contributed by atoms with Gasteiger partial charge < -0.3 is 19.6 Å². The molecule has 0 aliphatic carbocycles. The topological polar surface area (TPSA) is 47.1 Å². The quantitative estimate of drug-likeness (QED) is 0.687. The summed E-state index contributed by atoms with van der Waals surface area (Å²) in [5.41, 5.74) is 0.863. The lowest BCUT2D eigenvalue weighted by molar-refractivity contribution is -0.133. The van der Waals surface area contributed by atoms with E-state index in [2.05, 4.69) is 16.8 Å². The standard InChI is InChI=1S/C25H38F2N4O2/c1-4-24(32)31-12-6-10-28(2)9-5-11-30(18-20-16-21(26)22(27)17-23(20)31)25(33)15-19-7-13-29(3)14-8-19/h16-17,19H,4-15,18H2,1-3H3. The van der Waals surface area contributed by atoms with Crippen molar-refractivity contribution in [2.24, 2.45) is 5.92 Å². The number of nitrogens with zero attached hydrogens (tertiary/aromatic N) is 4. The molecule has 0 bridgehead atoms. The van der Waals surface area contributed by atoms with Crippen molar-refractivity contribution in [3.8, 4) is 0 Å². The van der Waals surface area contributed by atoms with Crippen molar-refractivity contribution in [3.63, 3.8) is 0 Å². The Morgan fingerprint density at radius 3 is 2.15 bits per heavy atom. The molecule has 3 rings (SSSR count). The van der Waals surface area contributed by atoms with Gasteiger partial charge in [-0.05, 0) is 83.5 Å². The Labute approximate surface area is 196 Å². The summed E-state index contributed by atoms with van der Waals surface area (Å²) in [5, 5.41) is 0. The molecule has 1 aromatic carbocycles. The molecule has 0 spiro atoms. The third kappa shape index (κ3) is 6.96. The number of carbonyl (C=O) groups is 2. The van der Waals surface area contributed by atoms with Crippen LogP contribution in [0.15, 0.2) is 12.1 Å². The number of fused-ring (bicyclic) bond motifs is 1. The number of hydrogen-bond acceptors (Lipinski definition) is 4. The maximum atomic E-state index is 14.3. The minimum absolute atomic E-state index is 0.0494. The van der Waals surface area contributed by atoms with E-state index < -0.39 is 11.6 Å². The van der Waals surface area contributed by atoms with Gasteiger partial charge in [0, 0.05) is 38.5 Å². The molecule has 0 saturated carbocycles. The zero-order valence-corrected chi connectivity index (χ0v) is 20.3. The van der Waals surface area contributed by atoms with Crippen LogP contribution in [0.5, 0.6) is 0 Å². The highest BCUT2D eigenvalue weighted by Crippen LogP contribution is 2.28. The molecule has 0 N–H and O–H groups in total. The van der Waals surface area contributed by atoms with Gasteiger partial charge in [0.05, 0.1) is 5.69 Å². The van der Waals surface area contributed by atoms with Gasteiger partial charge in [0.15, 0.2) is 11.6 Å². The molecule has 1 aromatic rings. The fourth-order valence-electron chi connectivity index (χ4n) is 4.81. The average Bonchev–Trinajstić information content (AvgIpc) is 2.78. The minimum Gasteiger partial charge on any atom is -0.338 e. The Balaban J connectivity index is 1.89. The summed E-state index contributed by atoms with van der Waals surface area (Å²) in [4.78, 5) is 33.9. The van der Waals surface area contributed by atoms with Gasteiger partial charge in [0.25, 0.3) is 0 Å². The number of benzene rings is 1. The Bertz CT molecular complexity index is 827. The van der Waals surface area contributed by atoms with E-state index in [4.69, 9.17) is 0 Å². The SMILES string of the molecule is CCC(=O)N1CCCN(C)CCCN(C(=O)CC2CCN(C)CC2)Cc2cc(F)c(F)cc21. The summed E-state index contributed by atoms with van der Waals surface area (Å²) in [5.74, 6) is -1.66. The number of halogens is 2. The maximum absolute atomic E-state index is 14.3. The maximum Gasteiger partial charge on any atom is 0.226 e. The minimum atomic E-state index is -0.976. The second-order valence-electron chi connectivity index (χ2n) is 9.57. The molecule has 2 aliphatic heterocycles. The normalized spacial score (nSPS) is 20.2. The molecule has 0 atom stereocenters. The van der Waals surface area contributed by atoms with E-state index >= 15 is 0 Å². The lowest BCUT2D eigenvalue weighted by Gasteiger charge is -2.33. The molecule has 2 amide bonds. The first-order valence-corrected chi connectivity index (χ1v) is 12.2. The Morgan fingerprint density at radius 2 is 1.48 bits per heavy atom. The van der Waals surface area contributed by atoms with Crippen molar-refractivity contribution >= 4 is 17.5 Å². The van der Waals surface area contributed by atoms with E-state index in [9.17, 15) is 18.4 Å². The molecule has 184 valence electrons. The molecular weight excluding hydrogens is 426 g/mol. The predicted octanol–water partition coefficient (Wildman–Crippen LogP) is 3.49. The summed E-state index contributed by atoms with van der Waals surface area (Å²) in [7, 11) is 4.13. The third-order valence-corrected chi connectivity index (χ3v) is 6.92. The van der Waals surface area contributed by atoms with E-state index in [1.807, 2.05) is 7.05 Å². The fraction of sp³-hybridized carbons (Fsp3) is 0.680. The average molecular weight is 465 g/mol. The number of likely N-dealkylation sites (tertiary alicyclic amines) is 1. The van der Waals surface area contributed by atoms with Crippen LogP contribution < -0.4 is 4.90 Å². The van der Waals surface area contributed by atoms with Crippen LogP contribution in [0.1, 0.15) is 51.0 Å². The number of carbonyl (C=O) groups excluding carboxylic acids is 2. The van der Waals surface area contributed by atoms with Crippen molar-refractivity contribution in [1.82, 2.24) is 14.7 Å². The van der Waals surface area contributed by atoms with Crippen molar-refractivity contribution in [1.29, 1.82) is 0 Å². The molecule has 0 aromatic heterocycles. The van der Waals surface area contributed by atoms with Gasteiger partial charge in [-0.2, -0.15) is 0 Å². The Hall–Kier alpha value is -2.06. The first kappa shape index (κ1) is 25.6. The highest BCUT2D eigenvalue weighted by atomic mass is 19.2. The van der Waals surface area contributed by atoms with Crippen LogP contribution in [0.3, 0.4) is 0 Å². The lowest BCUT2D eigenvalue weighted by Crippen LogP contribution is -2.39. The van der Waals surface area contributed by atoms with Gasteiger partial charge in [-0.15, -0.1) is 0 Å². The van der Waals surface area contributed by atoms with Gasteiger partial charge in [0.2, 0.25) is 11.8 Å². The summed E-state index contributed by atoms with van der Waals surface area (Å²) in [6.07, 6.45) is 4.28. The van der Waals surface area contributed by atoms with Crippen molar-refractivity contribution in [2.45, 2.75) is 52.0 Å². The summed E-state index contributed by atoms with van der Waals surface area (Å²) < 4.78 is 28.5. The molecule has 0 unspecified atom stereocenters. The molecule has 6 nitrogen and oxygen atoms in total. The van der Waals surface area contributed by atoms with Gasteiger partial charge in [-0.1, -0.05) is 6.92 Å². The number of hydrogen-bond donors (Lipinski definition) is 0. The first-order chi connectivity index (χ1) is 15.8. The molecule has 2 heterocycles. The van der Waals surface area contributed by atoms with Crippen molar-refractivity contribution < 1.29 is 18.4 Å². The number of piperidine rings is 1. The molecule has 2 aliphatic rings. The van der Waals surface area contributed by atoms with Gasteiger partial charge >= 0.3 is 0 Å². The largest absolute Gasteiger partial charge is 0.338 e. The fourth-order valence-corrected chi connectivity index (χ4v) is 4.81. The molecular formula is C25H38F2N4O2. The summed E-state index contributed by atoms with van der Waals surface area (Å²) in [6, 6.07) is 2.28. The van der Waals surface area contributed by atoms with Crippen LogP contribution in [-0.4, -0.2) is 79.9 Å². The molecule has 0 radical (unpaired) electrons. The van der Waals surface area contributed by atoms with E-state index in [-0.39, 0.29) is 24.8 Å². The third-order valence-electron chi connectivity index (χ3n) is 6.92. The van der Waals surface area contributed by atoms with Crippen LogP contribution in [0.4, 0.5) is 14.5 Å². The van der Waals surface area contributed by atoms with Crippen LogP contribution in [0.25, 0.3) is 0 Å². The first-order valence-electron chi connectivity index (χ1n) is 12.2. The highest BCUT2D eigenvalue weighted by Gasteiger charge is 2.26. The van der Waals surface area contributed by atoms with E-state index in [1.54, 1.807) is 16.7 Å². The Morgan fingerprint density at radius 1 is 0.879 bits per heavy atom. The van der Waals surface area contributed by atoms with E-state index in [0.29, 0.717) is 36.7 Å². The van der Waals surface area contributed by atoms with E-state index in [1.165, 1.54) is 0 Å². The number of rotatable bonds is 3. The molecule has 8 heteroatoms. The van der Waals surface area contributed by atoms with Crippen molar-refractivity contribution in [3.05, 3.63) is 29.3 Å². The second-order valence-corrected chi connectivity index (χ2v) is 9.57. The molecule has 1 fully saturated rings. The predicted molar refractivity (Wildman–Crippen MR) is 126 cm³/mol. The summed E-state index contributed by atoms with van der Waals surface area (Å²) >= 11 is 0.